The van der Waals surface area contributed by atoms with E-state index in [0.717, 1.165) is 46.9 Å². The van der Waals surface area contributed by atoms with Gasteiger partial charge in [0.2, 0.25) is 0 Å². The number of amides is 1. The Morgan fingerprint density at radius 2 is 1.69 bits per heavy atom. The van der Waals surface area contributed by atoms with Gasteiger partial charge in [0.15, 0.2) is 5.82 Å². The molecule has 0 aliphatic carbocycles. The molecule has 0 unspecified atom stereocenters. The summed E-state index contributed by atoms with van der Waals surface area (Å²) in [6.07, 6.45) is 1.76. The van der Waals surface area contributed by atoms with Crippen molar-refractivity contribution >= 4 is 51.4 Å². The average Bonchev–Trinajstić information content (AvgIpc) is 2.76. The number of ether oxygens (including phenoxy) is 1. The Labute approximate surface area is 182 Å². The number of rotatable bonds is 5. The van der Waals surface area contributed by atoms with Gasteiger partial charge in [0, 0.05) is 39.7 Å². The minimum Gasteiger partial charge on any atom is -0.378 e. The van der Waals surface area contributed by atoms with Crippen molar-refractivity contribution in [2.45, 2.75) is 0 Å². The Kier molecular flexibility index (Phi) is 6.20. The molecule has 148 valence electrons. The molecule has 1 saturated heterocycles. The molecule has 0 radical (unpaired) electrons. The van der Waals surface area contributed by atoms with Crippen LogP contribution in [0.25, 0.3) is 0 Å². The number of carbonyl (C=O) groups is 1. The van der Waals surface area contributed by atoms with Gasteiger partial charge in [-0.05, 0) is 71.1 Å². The van der Waals surface area contributed by atoms with Gasteiger partial charge in [0.05, 0.1) is 25.1 Å². The number of morpholine rings is 1. The Balaban J connectivity index is 1.39. The predicted octanol–water partition coefficient (Wildman–Crippen LogP) is 3.91. The molecule has 3 aromatic rings. The summed E-state index contributed by atoms with van der Waals surface area (Å²) in [6, 6.07) is 16.9. The molecule has 29 heavy (non-hydrogen) atoms. The van der Waals surface area contributed by atoms with E-state index in [1.807, 2.05) is 54.6 Å². The fraction of sp³-hybridized carbons (Fsp3) is 0.190. The van der Waals surface area contributed by atoms with Crippen LogP contribution in [-0.2, 0) is 4.74 Å². The zero-order valence-electron chi connectivity index (χ0n) is 15.6. The maximum atomic E-state index is 12.3. The van der Waals surface area contributed by atoms with Crippen LogP contribution in [-0.4, -0.2) is 42.4 Å². The molecule has 2 heterocycles. The lowest BCUT2D eigenvalue weighted by Crippen LogP contribution is -2.36. The van der Waals surface area contributed by atoms with Crippen molar-refractivity contribution in [2.75, 3.05) is 41.8 Å². The van der Waals surface area contributed by atoms with Crippen LogP contribution in [0.15, 0.2) is 60.8 Å². The highest BCUT2D eigenvalue weighted by molar-refractivity contribution is 14.1. The Hall–Kier alpha value is -2.72. The molecule has 0 atom stereocenters. The molecular formula is C21H20IN5O2. The van der Waals surface area contributed by atoms with E-state index in [-0.39, 0.29) is 5.91 Å². The van der Waals surface area contributed by atoms with E-state index < -0.39 is 0 Å². The zero-order valence-corrected chi connectivity index (χ0v) is 17.8. The molecule has 4 rings (SSSR count). The number of benzene rings is 2. The van der Waals surface area contributed by atoms with Crippen LogP contribution >= 0.6 is 22.6 Å². The summed E-state index contributed by atoms with van der Waals surface area (Å²) in [4.78, 5) is 14.6. The molecular weight excluding hydrogens is 481 g/mol. The van der Waals surface area contributed by atoms with Gasteiger partial charge in [-0.1, -0.05) is 0 Å². The van der Waals surface area contributed by atoms with E-state index in [2.05, 4.69) is 48.3 Å². The van der Waals surface area contributed by atoms with Gasteiger partial charge in [-0.25, -0.2) is 0 Å². The molecule has 0 saturated carbocycles. The van der Waals surface area contributed by atoms with Crippen LogP contribution in [0, 0.1) is 3.57 Å². The number of hydrogen-bond acceptors (Lipinski definition) is 6. The van der Waals surface area contributed by atoms with Gasteiger partial charge in [0.1, 0.15) is 0 Å². The third-order valence-corrected chi connectivity index (χ3v) is 5.26. The van der Waals surface area contributed by atoms with Gasteiger partial charge < -0.3 is 20.3 Å². The minimum atomic E-state index is -0.133. The van der Waals surface area contributed by atoms with E-state index in [4.69, 9.17) is 4.74 Å². The van der Waals surface area contributed by atoms with E-state index in [1.165, 1.54) is 0 Å². The summed E-state index contributed by atoms with van der Waals surface area (Å²) in [5.74, 6) is 0.538. The summed E-state index contributed by atoms with van der Waals surface area (Å²) >= 11 is 2.21. The van der Waals surface area contributed by atoms with E-state index in [1.54, 1.807) is 6.20 Å². The Morgan fingerprint density at radius 3 is 2.41 bits per heavy atom. The number of halogens is 1. The molecule has 2 N–H and O–H groups in total. The van der Waals surface area contributed by atoms with Crippen LogP contribution < -0.4 is 15.5 Å². The standard InChI is InChI=1S/C21H20IN5O2/c22-16-3-1-15(2-4-16)21(28)25-18-7-5-17(6-8-18)24-20-13-19(14-23-26-20)27-9-11-29-12-10-27/h1-8,13-14H,9-12H2,(H,24,26)(H,25,28). The second kappa shape index (κ2) is 9.19. The fourth-order valence-corrected chi connectivity index (χ4v) is 3.36. The van der Waals surface area contributed by atoms with Gasteiger partial charge in [-0.2, -0.15) is 5.10 Å². The van der Waals surface area contributed by atoms with Crippen LogP contribution in [0.1, 0.15) is 10.4 Å². The number of carbonyl (C=O) groups excluding carboxylic acids is 1. The summed E-state index contributed by atoms with van der Waals surface area (Å²) < 4.78 is 6.49. The Bertz CT molecular complexity index is 973. The van der Waals surface area contributed by atoms with Gasteiger partial charge in [0.25, 0.3) is 5.91 Å². The fourth-order valence-electron chi connectivity index (χ4n) is 3.00. The van der Waals surface area contributed by atoms with Gasteiger partial charge in [-0.15, -0.1) is 5.10 Å². The zero-order chi connectivity index (χ0) is 20.1. The summed E-state index contributed by atoms with van der Waals surface area (Å²) in [7, 11) is 0. The maximum Gasteiger partial charge on any atom is 0.255 e. The van der Waals surface area contributed by atoms with Crippen LogP contribution in [0.3, 0.4) is 0 Å². The second-order valence-corrected chi connectivity index (χ2v) is 7.81. The Morgan fingerprint density at radius 1 is 1.00 bits per heavy atom. The lowest BCUT2D eigenvalue weighted by Gasteiger charge is -2.28. The lowest BCUT2D eigenvalue weighted by molar-refractivity contribution is 0.102. The predicted molar refractivity (Wildman–Crippen MR) is 122 cm³/mol. The van der Waals surface area contributed by atoms with Crippen LogP contribution in [0.2, 0.25) is 0 Å². The highest BCUT2D eigenvalue weighted by Gasteiger charge is 2.12. The number of nitrogens with one attached hydrogen (secondary N) is 2. The van der Waals surface area contributed by atoms with Crippen molar-refractivity contribution in [3.8, 4) is 0 Å². The molecule has 1 amide bonds. The quantitative estimate of drug-likeness (QED) is 0.517. The third-order valence-electron chi connectivity index (χ3n) is 4.54. The van der Waals surface area contributed by atoms with Crippen LogP contribution in [0.4, 0.5) is 22.9 Å². The molecule has 1 fully saturated rings. The van der Waals surface area contributed by atoms with Crippen molar-refractivity contribution in [3.05, 3.63) is 69.9 Å². The molecule has 1 aliphatic rings. The lowest BCUT2D eigenvalue weighted by atomic mass is 10.2. The smallest absolute Gasteiger partial charge is 0.255 e. The molecule has 2 aromatic carbocycles. The van der Waals surface area contributed by atoms with Crippen molar-refractivity contribution < 1.29 is 9.53 Å². The summed E-state index contributed by atoms with van der Waals surface area (Å²) in [5.41, 5.74) is 3.24. The minimum absolute atomic E-state index is 0.133. The maximum absolute atomic E-state index is 12.3. The molecule has 1 aromatic heterocycles. The molecule has 0 spiro atoms. The van der Waals surface area contributed by atoms with E-state index >= 15 is 0 Å². The molecule has 0 bridgehead atoms. The summed E-state index contributed by atoms with van der Waals surface area (Å²) in [6.45, 7) is 3.14. The number of hydrogen-bond donors (Lipinski definition) is 2. The first kappa shape index (κ1) is 19.6. The van der Waals surface area contributed by atoms with Crippen molar-refractivity contribution in [3.63, 3.8) is 0 Å². The number of aromatic nitrogens is 2. The summed E-state index contributed by atoms with van der Waals surface area (Å²) in [5, 5.41) is 14.4. The van der Waals surface area contributed by atoms with Crippen LogP contribution in [0.5, 0.6) is 0 Å². The topological polar surface area (TPSA) is 79.4 Å². The van der Waals surface area contributed by atoms with Crippen molar-refractivity contribution in [2.24, 2.45) is 0 Å². The first-order chi connectivity index (χ1) is 14.2. The van der Waals surface area contributed by atoms with Crippen molar-refractivity contribution in [1.82, 2.24) is 10.2 Å². The highest BCUT2D eigenvalue weighted by Crippen LogP contribution is 2.22. The third kappa shape index (κ3) is 5.21. The monoisotopic (exact) mass is 501 g/mol. The largest absolute Gasteiger partial charge is 0.378 e. The molecule has 8 heteroatoms. The normalized spacial score (nSPS) is 13.8. The van der Waals surface area contributed by atoms with Gasteiger partial charge >= 0.3 is 0 Å². The highest BCUT2D eigenvalue weighted by atomic mass is 127. The molecule has 1 aliphatic heterocycles. The second-order valence-electron chi connectivity index (χ2n) is 6.56. The average molecular weight is 501 g/mol. The molecule has 7 nitrogen and oxygen atoms in total. The number of nitrogens with zero attached hydrogens (tertiary/aromatic N) is 3. The first-order valence-electron chi connectivity index (χ1n) is 9.27. The van der Waals surface area contributed by atoms with Gasteiger partial charge in [-0.3, -0.25) is 4.79 Å². The van der Waals surface area contributed by atoms with E-state index in [0.29, 0.717) is 11.4 Å². The van der Waals surface area contributed by atoms with Crippen molar-refractivity contribution in [1.29, 1.82) is 0 Å². The number of anilines is 4. The first-order valence-corrected chi connectivity index (χ1v) is 10.3. The van der Waals surface area contributed by atoms with E-state index in [9.17, 15) is 4.79 Å². The SMILES string of the molecule is O=C(Nc1ccc(Nc2cc(N3CCOCC3)cnn2)cc1)c1ccc(I)cc1.